The summed E-state index contributed by atoms with van der Waals surface area (Å²) in [6.45, 7) is 1.17. The number of carbonyl (C=O) groups excluding carboxylic acids is 1. The van der Waals surface area contributed by atoms with Crippen molar-refractivity contribution in [3.05, 3.63) is 47.2 Å². The third kappa shape index (κ3) is 2.85. The molecule has 1 aromatic carbocycles. The summed E-state index contributed by atoms with van der Waals surface area (Å²) in [5.41, 5.74) is 2.95. The predicted molar refractivity (Wildman–Crippen MR) is 97.4 cm³/mol. The molecule has 0 saturated heterocycles. The van der Waals surface area contributed by atoms with Crippen molar-refractivity contribution < 1.29 is 13.6 Å². The maximum Gasteiger partial charge on any atom is 0.280 e. The average molecular weight is 370 g/mol. The maximum atomic E-state index is 13.5. The molecule has 0 N–H and O–H groups in total. The number of nitrogens with zero attached hydrogens (tertiary/aromatic N) is 4. The Balaban J connectivity index is 1.39. The number of aliphatic imine (C=N–C) groups is 1. The molecule has 7 heteroatoms. The highest BCUT2D eigenvalue weighted by molar-refractivity contribution is 6.01. The topological polar surface area (TPSA) is 48.3 Å². The van der Waals surface area contributed by atoms with Gasteiger partial charge in [0.2, 0.25) is 5.91 Å². The number of hydrogen-bond donors (Lipinski definition) is 0. The Morgan fingerprint density at radius 3 is 2.70 bits per heavy atom. The number of alkyl halides is 2. The van der Waals surface area contributed by atoms with E-state index in [9.17, 15) is 13.6 Å². The highest BCUT2D eigenvalue weighted by Crippen LogP contribution is 2.38. The number of hydrazone groups is 1. The second-order valence-corrected chi connectivity index (χ2v) is 7.53. The van der Waals surface area contributed by atoms with Crippen molar-refractivity contribution in [3.63, 3.8) is 0 Å². The molecule has 1 fully saturated rings. The largest absolute Gasteiger partial charge is 0.337 e. The predicted octanol–water partition coefficient (Wildman–Crippen LogP) is 2.83. The van der Waals surface area contributed by atoms with Gasteiger partial charge in [-0.25, -0.2) is 13.8 Å². The quantitative estimate of drug-likeness (QED) is 0.822. The minimum Gasteiger partial charge on any atom is -0.337 e. The molecule has 3 aliphatic heterocycles. The van der Waals surface area contributed by atoms with E-state index in [4.69, 9.17) is 0 Å². The Bertz CT molecular complexity index is 874. The third-order valence-electron chi connectivity index (χ3n) is 5.71. The summed E-state index contributed by atoms with van der Waals surface area (Å²) >= 11 is 0. The number of rotatable bonds is 3. The highest BCUT2D eigenvalue weighted by Gasteiger charge is 2.45. The molecule has 1 saturated carbocycles. The average Bonchev–Trinajstić information content (AvgIpc) is 3.45. The number of amides is 1. The number of carbonyl (C=O) groups is 1. The van der Waals surface area contributed by atoms with E-state index >= 15 is 0 Å². The van der Waals surface area contributed by atoms with Crippen LogP contribution in [0, 0.1) is 11.8 Å². The zero-order valence-electron chi connectivity index (χ0n) is 14.8. The van der Waals surface area contributed by atoms with Gasteiger partial charge >= 0.3 is 0 Å². The number of hydrogen-bond acceptors (Lipinski definition) is 4. The van der Waals surface area contributed by atoms with E-state index in [0.717, 1.165) is 24.8 Å². The van der Waals surface area contributed by atoms with Gasteiger partial charge in [-0.2, -0.15) is 5.10 Å². The minimum absolute atomic E-state index is 0.0878. The van der Waals surface area contributed by atoms with Gasteiger partial charge in [-0.1, -0.05) is 24.3 Å². The van der Waals surface area contributed by atoms with Gasteiger partial charge in [0.15, 0.2) is 6.17 Å². The van der Waals surface area contributed by atoms with Crippen LogP contribution in [0.3, 0.4) is 0 Å². The Labute approximate surface area is 156 Å². The standard InChI is InChI=1S/C20H20F2N4O/c21-18(22)17-9-16(13-5-6-13)24-19-15(10-23-26(17)19)20(27)25-8-7-12-3-1-2-4-14(12)11-25/h1-4,9-10,13,15,18-19H,5-8,11H2. The normalized spacial score (nSPS) is 26.6. The van der Waals surface area contributed by atoms with Crippen LogP contribution in [0.2, 0.25) is 0 Å². The number of benzene rings is 1. The summed E-state index contributed by atoms with van der Waals surface area (Å²) in [4.78, 5) is 19.6. The first-order valence-corrected chi connectivity index (χ1v) is 9.38. The lowest BCUT2D eigenvalue weighted by Crippen LogP contribution is -2.46. The fourth-order valence-corrected chi connectivity index (χ4v) is 4.05. The molecule has 2 unspecified atom stereocenters. The Morgan fingerprint density at radius 1 is 1.19 bits per heavy atom. The minimum atomic E-state index is -2.63. The molecule has 0 spiro atoms. The van der Waals surface area contributed by atoms with Gasteiger partial charge in [-0.3, -0.25) is 9.79 Å². The van der Waals surface area contributed by atoms with Crippen molar-refractivity contribution in [1.82, 2.24) is 9.91 Å². The molecule has 0 aromatic heterocycles. The van der Waals surface area contributed by atoms with Gasteiger partial charge in [0.25, 0.3) is 6.43 Å². The van der Waals surface area contributed by atoms with Gasteiger partial charge in [0.05, 0.1) is 0 Å². The van der Waals surface area contributed by atoms with Gasteiger partial charge in [0, 0.05) is 30.9 Å². The number of fused-ring (bicyclic) bond motifs is 2. The van der Waals surface area contributed by atoms with Crippen molar-refractivity contribution in [3.8, 4) is 0 Å². The third-order valence-corrected chi connectivity index (χ3v) is 5.71. The van der Waals surface area contributed by atoms with Gasteiger partial charge in [-0.05, 0) is 36.5 Å². The molecule has 1 aromatic rings. The Morgan fingerprint density at radius 2 is 1.96 bits per heavy atom. The summed E-state index contributed by atoms with van der Waals surface area (Å²) in [6, 6.07) is 8.10. The van der Waals surface area contributed by atoms with Gasteiger partial charge < -0.3 is 4.90 Å². The van der Waals surface area contributed by atoms with Crippen LogP contribution in [-0.2, 0) is 17.8 Å². The lowest BCUT2D eigenvalue weighted by Gasteiger charge is -2.34. The van der Waals surface area contributed by atoms with Crippen molar-refractivity contribution in [2.24, 2.45) is 21.9 Å². The second-order valence-electron chi connectivity index (χ2n) is 7.53. The first kappa shape index (κ1) is 16.6. The molecular weight excluding hydrogens is 350 g/mol. The van der Waals surface area contributed by atoms with E-state index in [1.54, 1.807) is 4.90 Å². The zero-order valence-corrected chi connectivity index (χ0v) is 14.8. The lowest BCUT2D eigenvalue weighted by molar-refractivity contribution is -0.135. The van der Waals surface area contributed by atoms with Gasteiger partial charge in [-0.15, -0.1) is 0 Å². The van der Waals surface area contributed by atoms with Crippen molar-refractivity contribution in [1.29, 1.82) is 0 Å². The van der Waals surface area contributed by atoms with Crippen molar-refractivity contribution in [2.45, 2.75) is 38.4 Å². The Hall–Kier alpha value is -2.57. The van der Waals surface area contributed by atoms with E-state index in [1.165, 1.54) is 22.9 Å². The monoisotopic (exact) mass is 370 g/mol. The Kier molecular flexibility index (Phi) is 3.84. The molecule has 4 aliphatic rings. The molecule has 3 heterocycles. The summed E-state index contributed by atoms with van der Waals surface area (Å²) in [6.07, 6.45) is 2.38. The zero-order chi connectivity index (χ0) is 18.5. The highest BCUT2D eigenvalue weighted by atomic mass is 19.3. The van der Waals surface area contributed by atoms with Crippen LogP contribution >= 0.6 is 0 Å². The molecule has 1 amide bonds. The van der Waals surface area contributed by atoms with Crippen LogP contribution in [0.4, 0.5) is 8.78 Å². The summed E-state index contributed by atoms with van der Waals surface area (Å²) < 4.78 is 27.1. The van der Waals surface area contributed by atoms with Crippen molar-refractivity contribution in [2.75, 3.05) is 6.54 Å². The molecule has 140 valence electrons. The fourth-order valence-electron chi connectivity index (χ4n) is 4.05. The summed E-state index contributed by atoms with van der Waals surface area (Å²) in [7, 11) is 0. The second kappa shape index (κ2) is 6.25. The van der Waals surface area contributed by atoms with Crippen LogP contribution in [0.15, 0.2) is 46.1 Å². The SMILES string of the molecule is O=C(C1C=NN2C(C(F)F)=CC(C3CC3)=NC12)N1CCc2ccccc2C1. The lowest BCUT2D eigenvalue weighted by atomic mass is 9.97. The maximum absolute atomic E-state index is 13.5. The van der Waals surface area contributed by atoms with E-state index < -0.39 is 18.5 Å². The molecular formula is C20H20F2N4O. The number of allylic oxidation sites excluding steroid dienone is 2. The first-order valence-electron chi connectivity index (χ1n) is 9.38. The van der Waals surface area contributed by atoms with E-state index in [0.29, 0.717) is 18.8 Å². The molecule has 1 aliphatic carbocycles. The molecule has 5 nitrogen and oxygen atoms in total. The van der Waals surface area contributed by atoms with Crippen LogP contribution in [0.5, 0.6) is 0 Å². The first-order chi connectivity index (χ1) is 13.1. The molecule has 5 rings (SSSR count). The van der Waals surface area contributed by atoms with Crippen LogP contribution in [-0.4, -0.2) is 46.9 Å². The van der Waals surface area contributed by atoms with Crippen molar-refractivity contribution >= 4 is 17.8 Å². The smallest absolute Gasteiger partial charge is 0.280 e. The fraction of sp³-hybridized carbons (Fsp3) is 0.450. The van der Waals surface area contributed by atoms with E-state index in [2.05, 4.69) is 16.2 Å². The van der Waals surface area contributed by atoms with E-state index in [1.807, 2.05) is 18.2 Å². The molecule has 2 atom stereocenters. The van der Waals surface area contributed by atoms with Crippen LogP contribution < -0.4 is 0 Å². The molecule has 0 bridgehead atoms. The van der Waals surface area contributed by atoms with Crippen LogP contribution in [0.1, 0.15) is 24.0 Å². The summed E-state index contributed by atoms with van der Waals surface area (Å²) in [5.74, 6) is -0.458. The van der Waals surface area contributed by atoms with Gasteiger partial charge in [0.1, 0.15) is 11.6 Å². The van der Waals surface area contributed by atoms with E-state index in [-0.39, 0.29) is 17.5 Å². The number of halogens is 2. The molecule has 0 radical (unpaired) electrons. The summed E-state index contributed by atoms with van der Waals surface area (Å²) in [5, 5.41) is 5.35. The van der Waals surface area contributed by atoms with Crippen LogP contribution in [0.25, 0.3) is 0 Å². The molecule has 27 heavy (non-hydrogen) atoms.